The lowest BCUT2D eigenvalue weighted by Crippen LogP contribution is -2.31. The number of hydrogen-bond donors (Lipinski definition) is 1. The third-order valence-corrected chi connectivity index (χ3v) is 4.75. The van der Waals surface area contributed by atoms with Gasteiger partial charge in [0.05, 0.1) is 0 Å². The van der Waals surface area contributed by atoms with E-state index in [1.807, 2.05) is 12.1 Å². The van der Waals surface area contributed by atoms with Crippen molar-refractivity contribution < 1.29 is 4.79 Å². The summed E-state index contributed by atoms with van der Waals surface area (Å²) in [5.74, 6) is 1.34. The van der Waals surface area contributed by atoms with Crippen molar-refractivity contribution in [1.82, 2.24) is 5.32 Å². The van der Waals surface area contributed by atoms with E-state index in [4.69, 9.17) is 0 Å². The van der Waals surface area contributed by atoms with Gasteiger partial charge in [0.15, 0.2) is 5.78 Å². The van der Waals surface area contributed by atoms with E-state index in [2.05, 4.69) is 31.3 Å². The molecule has 21 heavy (non-hydrogen) atoms. The molecule has 0 bridgehead atoms. The highest BCUT2D eigenvalue weighted by molar-refractivity contribution is 5.97. The van der Waals surface area contributed by atoms with Gasteiger partial charge in [-0.25, -0.2) is 0 Å². The van der Waals surface area contributed by atoms with Crippen molar-refractivity contribution in [2.24, 2.45) is 11.8 Å². The molecule has 0 amide bonds. The molecular weight excluding hydrogens is 258 g/mol. The maximum atomic E-state index is 12.5. The Kier molecular flexibility index (Phi) is 6.44. The van der Waals surface area contributed by atoms with Gasteiger partial charge in [-0.1, -0.05) is 57.4 Å². The topological polar surface area (TPSA) is 29.1 Å². The summed E-state index contributed by atoms with van der Waals surface area (Å²) < 4.78 is 0. The average Bonchev–Trinajstić information content (AvgIpc) is 2.55. The standard InChI is InChI=1S/C19H29NO/c1-3-5-15(4-2)14-16-6-8-17(9-7-16)19(21)18-10-12-20-13-11-18/h6-9,15,18,20H,3-5,10-14H2,1-2H3. The Bertz CT molecular complexity index is 431. The van der Waals surface area contributed by atoms with E-state index >= 15 is 0 Å². The lowest BCUT2D eigenvalue weighted by atomic mass is 9.88. The number of nitrogens with one attached hydrogen (secondary N) is 1. The van der Waals surface area contributed by atoms with Gasteiger partial charge in [-0.2, -0.15) is 0 Å². The van der Waals surface area contributed by atoms with Crippen LogP contribution in [0, 0.1) is 11.8 Å². The zero-order valence-electron chi connectivity index (χ0n) is 13.5. The number of rotatable bonds is 7. The van der Waals surface area contributed by atoms with Crippen LogP contribution in [-0.2, 0) is 6.42 Å². The van der Waals surface area contributed by atoms with E-state index in [1.165, 1.54) is 24.8 Å². The van der Waals surface area contributed by atoms with E-state index in [9.17, 15) is 4.79 Å². The van der Waals surface area contributed by atoms with Crippen molar-refractivity contribution in [2.45, 2.75) is 52.4 Å². The van der Waals surface area contributed by atoms with E-state index in [0.717, 1.165) is 43.8 Å². The van der Waals surface area contributed by atoms with Gasteiger partial charge in [0, 0.05) is 11.5 Å². The van der Waals surface area contributed by atoms with Crippen LogP contribution in [-0.4, -0.2) is 18.9 Å². The van der Waals surface area contributed by atoms with Crippen molar-refractivity contribution in [3.8, 4) is 0 Å². The zero-order valence-corrected chi connectivity index (χ0v) is 13.5. The molecule has 0 radical (unpaired) electrons. The molecule has 2 rings (SSSR count). The fraction of sp³-hybridized carbons (Fsp3) is 0.632. The van der Waals surface area contributed by atoms with Crippen molar-refractivity contribution >= 4 is 5.78 Å². The summed E-state index contributed by atoms with van der Waals surface area (Å²) in [6.07, 6.45) is 6.90. The van der Waals surface area contributed by atoms with Gasteiger partial charge in [0.2, 0.25) is 0 Å². The second-order valence-corrected chi connectivity index (χ2v) is 6.35. The Morgan fingerprint density at radius 3 is 2.43 bits per heavy atom. The molecule has 1 aromatic rings. The first-order valence-corrected chi connectivity index (χ1v) is 8.58. The van der Waals surface area contributed by atoms with E-state index < -0.39 is 0 Å². The minimum Gasteiger partial charge on any atom is -0.317 e. The first-order valence-electron chi connectivity index (χ1n) is 8.58. The smallest absolute Gasteiger partial charge is 0.166 e. The summed E-state index contributed by atoms with van der Waals surface area (Å²) in [6, 6.07) is 8.40. The first-order chi connectivity index (χ1) is 10.2. The van der Waals surface area contributed by atoms with Crippen LogP contribution in [0.2, 0.25) is 0 Å². The van der Waals surface area contributed by atoms with Crippen LogP contribution < -0.4 is 5.32 Å². The molecule has 1 unspecified atom stereocenters. The lowest BCUT2D eigenvalue weighted by Gasteiger charge is -2.21. The van der Waals surface area contributed by atoms with Crippen LogP contribution in [0.1, 0.15) is 61.9 Å². The SMILES string of the molecule is CCCC(CC)Cc1ccc(C(=O)C2CCNCC2)cc1. The minimum atomic E-state index is 0.223. The molecule has 1 aromatic carbocycles. The Hall–Kier alpha value is -1.15. The molecule has 116 valence electrons. The Morgan fingerprint density at radius 1 is 1.19 bits per heavy atom. The highest BCUT2D eigenvalue weighted by Crippen LogP contribution is 2.21. The molecule has 1 saturated heterocycles. The molecule has 1 aliphatic rings. The molecule has 1 aliphatic heterocycles. The number of carbonyl (C=O) groups excluding carboxylic acids is 1. The summed E-state index contributed by atoms with van der Waals surface area (Å²) in [7, 11) is 0. The summed E-state index contributed by atoms with van der Waals surface area (Å²) in [6.45, 7) is 6.48. The number of piperidine rings is 1. The highest BCUT2D eigenvalue weighted by Gasteiger charge is 2.22. The monoisotopic (exact) mass is 287 g/mol. The molecule has 0 aromatic heterocycles. The lowest BCUT2D eigenvalue weighted by molar-refractivity contribution is 0.0895. The summed E-state index contributed by atoms with van der Waals surface area (Å²) in [4.78, 5) is 12.5. The fourth-order valence-corrected chi connectivity index (χ4v) is 3.32. The molecular formula is C19H29NO. The van der Waals surface area contributed by atoms with E-state index in [1.54, 1.807) is 0 Å². The van der Waals surface area contributed by atoms with Gasteiger partial charge in [0.1, 0.15) is 0 Å². The summed E-state index contributed by atoms with van der Waals surface area (Å²) in [5, 5.41) is 3.32. The van der Waals surface area contributed by atoms with Crippen molar-refractivity contribution in [3.05, 3.63) is 35.4 Å². The van der Waals surface area contributed by atoms with Crippen molar-refractivity contribution in [2.75, 3.05) is 13.1 Å². The summed E-state index contributed by atoms with van der Waals surface area (Å²) in [5.41, 5.74) is 2.27. The van der Waals surface area contributed by atoms with Crippen molar-refractivity contribution in [1.29, 1.82) is 0 Å². The van der Waals surface area contributed by atoms with Crippen LogP contribution in [0.3, 0.4) is 0 Å². The van der Waals surface area contributed by atoms with Crippen LogP contribution in [0.25, 0.3) is 0 Å². The van der Waals surface area contributed by atoms with E-state index in [-0.39, 0.29) is 5.92 Å². The molecule has 1 fully saturated rings. The summed E-state index contributed by atoms with van der Waals surface area (Å²) >= 11 is 0. The third-order valence-electron chi connectivity index (χ3n) is 4.75. The van der Waals surface area contributed by atoms with Crippen LogP contribution in [0.15, 0.2) is 24.3 Å². The van der Waals surface area contributed by atoms with Crippen LogP contribution in [0.5, 0.6) is 0 Å². The number of ketones is 1. The van der Waals surface area contributed by atoms with Crippen LogP contribution in [0.4, 0.5) is 0 Å². The van der Waals surface area contributed by atoms with E-state index in [0.29, 0.717) is 5.78 Å². The number of hydrogen-bond acceptors (Lipinski definition) is 2. The largest absolute Gasteiger partial charge is 0.317 e. The molecule has 2 nitrogen and oxygen atoms in total. The molecule has 0 spiro atoms. The third kappa shape index (κ3) is 4.67. The molecule has 1 N–H and O–H groups in total. The Labute approximate surface area is 129 Å². The maximum Gasteiger partial charge on any atom is 0.166 e. The normalized spacial score (nSPS) is 17.6. The minimum absolute atomic E-state index is 0.223. The zero-order chi connectivity index (χ0) is 15.1. The second-order valence-electron chi connectivity index (χ2n) is 6.35. The van der Waals surface area contributed by atoms with Gasteiger partial charge in [0.25, 0.3) is 0 Å². The molecule has 0 aliphatic carbocycles. The van der Waals surface area contributed by atoms with Gasteiger partial charge in [-0.15, -0.1) is 0 Å². The fourth-order valence-electron chi connectivity index (χ4n) is 3.32. The predicted octanol–water partition coefficient (Wildman–Crippen LogP) is 4.24. The molecule has 0 saturated carbocycles. The second kappa shape index (κ2) is 8.33. The van der Waals surface area contributed by atoms with Gasteiger partial charge in [-0.3, -0.25) is 4.79 Å². The number of Topliss-reactive ketones (excluding diaryl/α,β-unsaturated/α-hetero) is 1. The Balaban J connectivity index is 1.96. The van der Waals surface area contributed by atoms with Gasteiger partial charge in [-0.05, 0) is 43.8 Å². The predicted molar refractivity (Wildman–Crippen MR) is 88.8 cm³/mol. The number of carbonyl (C=O) groups is 1. The maximum absolute atomic E-state index is 12.5. The molecule has 1 heterocycles. The van der Waals surface area contributed by atoms with Crippen LogP contribution >= 0.6 is 0 Å². The van der Waals surface area contributed by atoms with Crippen molar-refractivity contribution in [3.63, 3.8) is 0 Å². The van der Waals surface area contributed by atoms with Gasteiger partial charge >= 0.3 is 0 Å². The molecule has 2 heteroatoms. The highest BCUT2D eigenvalue weighted by atomic mass is 16.1. The Morgan fingerprint density at radius 2 is 1.86 bits per heavy atom. The average molecular weight is 287 g/mol. The molecule has 1 atom stereocenters. The quantitative estimate of drug-likeness (QED) is 0.760. The first kappa shape index (κ1) is 16.2. The van der Waals surface area contributed by atoms with Gasteiger partial charge < -0.3 is 5.32 Å². The number of benzene rings is 1.